The highest BCUT2D eigenvalue weighted by Gasteiger charge is 2.06. The summed E-state index contributed by atoms with van der Waals surface area (Å²) in [5.41, 5.74) is 0.942. The van der Waals surface area contributed by atoms with Crippen molar-refractivity contribution in [3.05, 3.63) is 39.6 Å². The third kappa shape index (κ3) is 2.08. The summed E-state index contributed by atoms with van der Waals surface area (Å²) in [7, 11) is 0. The lowest BCUT2D eigenvalue weighted by molar-refractivity contribution is 0.111. The first kappa shape index (κ1) is 10.3. The highest BCUT2D eigenvalue weighted by molar-refractivity contribution is 9.10. The summed E-state index contributed by atoms with van der Waals surface area (Å²) in [6.07, 6.45) is 2.15. The maximum atomic E-state index is 10.4. The molecule has 0 spiro atoms. The molecule has 1 aromatic carbocycles. The molecule has 0 fully saturated rings. The van der Waals surface area contributed by atoms with Crippen molar-refractivity contribution in [2.45, 2.75) is 0 Å². The molecule has 0 saturated heterocycles. The quantitative estimate of drug-likeness (QED) is 0.797. The summed E-state index contributed by atoms with van der Waals surface area (Å²) >= 11 is 9.31. The molecule has 0 atom stereocenters. The van der Waals surface area contributed by atoms with E-state index in [-0.39, 0.29) is 5.69 Å². The predicted molar refractivity (Wildman–Crippen MR) is 59.5 cm³/mol. The molecule has 0 saturated carbocycles. The standard InChI is InChI=1S/C9H5BrClN3O/c10-6-1-2-8(11)9(3-6)14-4-7(5-15)12-13-14/h1-5H. The number of hydrogen-bond acceptors (Lipinski definition) is 3. The third-order valence-electron chi connectivity index (χ3n) is 1.79. The van der Waals surface area contributed by atoms with E-state index in [4.69, 9.17) is 11.6 Å². The van der Waals surface area contributed by atoms with Crippen LogP contribution in [0.15, 0.2) is 28.9 Å². The SMILES string of the molecule is O=Cc1cn(-c2cc(Br)ccc2Cl)nn1. The summed E-state index contributed by atoms with van der Waals surface area (Å²) in [6.45, 7) is 0. The van der Waals surface area contributed by atoms with Crippen LogP contribution in [0, 0.1) is 0 Å². The first-order valence-corrected chi connectivity index (χ1v) is 5.21. The Morgan fingerprint density at radius 2 is 2.27 bits per heavy atom. The van der Waals surface area contributed by atoms with Crippen molar-refractivity contribution in [2.75, 3.05) is 0 Å². The Morgan fingerprint density at radius 1 is 1.47 bits per heavy atom. The van der Waals surface area contributed by atoms with Crippen molar-refractivity contribution < 1.29 is 4.79 Å². The summed E-state index contributed by atoms with van der Waals surface area (Å²) in [6, 6.07) is 5.36. The molecule has 0 amide bonds. The second kappa shape index (κ2) is 4.12. The van der Waals surface area contributed by atoms with Crippen LogP contribution in [0.4, 0.5) is 0 Å². The van der Waals surface area contributed by atoms with Crippen LogP contribution in [0.2, 0.25) is 5.02 Å². The Bertz CT molecular complexity index is 512. The van der Waals surface area contributed by atoms with Gasteiger partial charge in [0, 0.05) is 4.47 Å². The van der Waals surface area contributed by atoms with E-state index in [2.05, 4.69) is 26.2 Å². The molecule has 1 aromatic heterocycles. The van der Waals surface area contributed by atoms with Gasteiger partial charge in [0.15, 0.2) is 6.29 Å². The van der Waals surface area contributed by atoms with E-state index in [0.29, 0.717) is 17.0 Å². The molecular formula is C9H5BrClN3O. The van der Waals surface area contributed by atoms with E-state index in [1.807, 2.05) is 6.07 Å². The van der Waals surface area contributed by atoms with Gasteiger partial charge in [-0.1, -0.05) is 32.7 Å². The Labute approximate surface area is 99.0 Å². The number of nitrogens with zero attached hydrogens (tertiary/aromatic N) is 3. The maximum absolute atomic E-state index is 10.4. The molecule has 6 heteroatoms. The Balaban J connectivity index is 2.52. The average Bonchev–Trinajstić information content (AvgIpc) is 2.70. The molecule has 0 N–H and O–H groups in total. The molecule has 15 heavy (non-hydrogen) atoms. The second-order valence-corrected chi connectivity index (χ2v) is 4.12. The molecule has 2 aromatic rings. The van der Waals surface area contributed by atoms with Gasteiger partial charge in [0.25, 0.3) is 0 Å². The van der Waals surface area contributed by atoms with Gasteiger partial charge >= 0.3 is 0 Å². The van der Waals surface area contributed by atoms with Crippen molar-refractivity contribution in [1.29, 1.82) is 0 Å². The third-order valence-corrected chi connectivity index (χ3v) is 2.60. The highest BCUT2D eigenvalue weighted by atomic mass is 79.9. The minimum atomic E-state index is 0.269. The van der Waals surface area contributed by atoms with Crippen LogP contribution in [0.5, 0.6) is 0 Å². The van der Waals surface area contributed by atoms with Gasteiger partial charge in [-0.05, 0) is 18.2 Å². The molecular weight excluding hydrogens is 281 g/mol. The normalized spacial score (nSPS) is 10.3. The molecule has 1 heterocycles. The predicted octanol–water partition coefficient (Wildman–Crippen LogP) is 2.50. The number of benzene rings is 1. The molecule has 0 aliphatic rings. The number of aromatic nitrogens is 3. The number of halogens is 2. The molecule has 4 nitrogen and oxygen atoms in total. The Hall–Kier alpha value is -1.20. The topological polar surface area (TPSA) is 47.8 Å². The van der Waals surface area contributed by atoms with Crippen molar-refractivity contribution in [2.24, 2.45) is 0 Å². The Kier molecular flexibility index (Phi) is 2.83. The summed E-state index contributed by atoms with van der Waals surface area (Å²) in [5, 5.41) is 7.98. The first-order valence-electron chi connectivity index (χ1n) is 4.03. The van der Waals surface area contributed by atoms with Gasteiger partial charge in [-0.2, -0.15) is 0 Å². The van der Waals surface area contributed by atoms with E-state index >= 15 is 0 Å². The monoisotopic (exact) mass is 285 g/mol. The van der Waals surface area contributed by atoms with Crippen LogP contribution >= 0.6 is 27.5 Å². The van der Waals surface area contributed by atoms with Crippen molar-refractivity contribution >= 4 is 33.8 Å². The summed E-state index contributed by atoms with van der Waals surface area (Å²) in [4.78, 5) is 10.4. The molecule has 0 radical (unpaired) electrons. The minimum Gasteiger partial charge on any atom is -0.296 e. The van der Waals surface area contributed by atoms with Crippen LogP contribution in [-0.4, -0.2) is 21.3 Å². The smallest absolute Gasteiger partial charge is 0.171 e. The van der Waals surface area contributed by atoms with Crippen molar-refractivity contribution in [3.8, 4) is 5.69 Å². The fraction of sp³-hybridized carbons (Fsp3) is 0. The van der Waals surface area contributed by atoms with Crippen molar-refractivity contribution in [3.63, 3.8) is 0 Å². The number of hydrogen-bond donors (Lipinski definition) is 0. The van der Waals surface area contributed by atoms with Crippen LogP contribution in [0.1, 0.15) is 10.5 Å². The zero-order valence-electron chi connectivity index (χ0n) is 7.39. The summed E-state index contributed by atoms with van der Waals surface area (Å²) < 4.78 is 2.33. The molecule has 76 valence electrons. The van der Waals surface area contributed by atoms with Gasteiger partial charge in [-0.15, -0.1) is 5.10 Å². The molecule has 0 aliphatic heterocycles. The average molecular weight is 287 g/mol. The van der Waals surface area contributed by atoms with E-state index in [0.717, 1.165) is 4.47 Å². The second-order valence-electron chi connectivity index (χ2n) is 2.80. The van der Waals surface area contributed by atoms with E-state index in [1.54, 1.807) is 12.1 Å². The zero-order valence-corrected chi connectivity index (χ0v) is 9.73. The van der Waals surface area contributed by atoms with Gasteiger partial charge in [-0.3, -0.25) is 4.79 Å². The lowest BCUT2D eigenvalue weighted by Gasteiger charge is -2.02. The number of carbonyl (C=O) groups is 1. The molecule has 0 unspecified atom stereocenters. The van der Waals surface area contributed by atoms with Gasteiger partial charge in [0.05, 0.1) is 16.9 Å². The Morgan fingerprint density at radius 3 is 2.93 bits per heavy atom. The number of carbonyl (C=O) groups excluding carboxylic acids is 1. The number of rotatable bonds is 2. The fourth-order valence-corrected chi connectivity index (χ4v) is 1.66. The van der Waals surface area contributed by atoms with Gasteiger partial charge in [-0.25, -0.2) is 4.68 Å². The molecule has 2 rings (SSSR count). The van der Waals surface area contributed by atoms with Crippen molar-refractivity contribution in [1.82, 2.24) is 15.0 Å². The van der Waals surface area contributed by atoms with Crippen LogP contribution in [0.3, 0.4) is 0 Å². The van der Waals surface area contributed by atoms with Gasteiger partial charge < -0.3 is 0 Å². The molecule has 0 aliphatic carbocycles. The van der Waals surface area contributed by atoms with Crippen LogP contribution in [-0.2, 0) is 0 Å². The fourth-order valence-electron chi connectivity index (χ4n) is 1.11. The molecule has 0 bridgehead atoms. The van der Waals surface area contributed by atoms with E-state index in [9.17, 15) is 4.79 Å². The maximum Gasteiger partial charge on any atom is 0.171 e. The van der Waals surface area contributed by atoms with Crippen LogP contribution < -0.4 is 0 Å². The lowest BCUT2D eigenvalue weighted by atomic mass is 10.3. The largest absolute Gasteiger partial charge is 0.296 e. The minimum absolute atomic E-state index is 0.269. The highest BCUT2D eigenvalue weighted by Crippen LogP contribution is 2.23. The van der Waals surface area contributed by atoms with E-state index in [1.165, 1.54) is 10.9 Å². The lowest BCUT2D eigenvalue weighted by Crippen LogP contribution is -1.95. The zero-order chi connectivity index (χ0) is 10.8. The first-order chi connectivity index (χ1) is 7.20. The van der Waals surface area contributed by atoms with E-state index < -0.39 is 0 Å². The van der Waals surface area contributed by atoms with Gasteiger partial charge in [0.1, 0.15) is 5.69 Å². The van der Waals surface area contributed by atoms with Gasteiger partial charge in [0.2, 0.25) is 0 Å². The van der Waals surface area contributed by atoms with Crippen LogP contribution in [0.25, 0.3) is 5.69 Å². The number of aldehydes is 1. The summed E-state index contributed by atoms with van der Waals surface area (Å²) in [5.74, 6) is 0.